The van der Waals surface area contributed by atoms with Gasteiger partial charge < -0.3 is 96.0 Å². The van der Waals surface area contributed by atoms with Gasteiger partial charge in [0.15, 0.2) is 12.2 Å². The van der Waals surface area contributed by atoms with Gasteiger partial charge in [-0.2, -0.15) is 0 Å². The number of aryl methyl sites for hydroxylation is 1. The first-order valence-electron chi connectivity index (χ1n) is 30.4. The summed E-state index contributed by atoms with van der Waals surface area (Å²) < 4.78 is 48.8. The number of carbonyl (C=O) groups excluding carboxylic acids is 3. The highest BCUT2D eigenvalue weighted by Gasteiger charge is 2.51. The second kappa shape index (κ2) is 32.2. The highest BCUT2D eigenvalue weighted by molar-refractivity contribution is 5.74. The molecule has 0 spiro atoms. The molecule has 2 saturated heterocycles. The van der Waals surface area contributed by atoms with Crippen LogP contribution in [0.4, 0.5) is 9.59 Å². The van der Waals surface area contributed by atoms with Crippen molar-refractivity contribution in [2.75, 3.05) is 46.0 Å². The van der Waals surface area contributed by atoms with Gasteiger partial charge in [-0.1, -0.05) is 64.1 Å². The molecule has 3 amide bonds. The Morgan fingerprint density at radius 1 is 0.895 bits per heavy atom. The van der Waals surface area contributed by atoms with Gasteiger partial charge in [0.05, 0.1) is 50.2 Å². The molecule has 13 atom stereocenters. The van der Waals surface area contributed by atoms with Crippen molar-refractivity contribution in [2.45, 2.75) is 239 Å². The molecule has 0 aromatic heterocycles. The first kappa shape index (κ1) is 73.1. The molecule has 1 saturated carbocycles. The zero-order valence-electron chi connectivity index (χ0n) is 54.2. The van der Waals surface area contributed by atoms with Gasteiger partial charge in [0.25, 0.3) is 6.02 Å². The quantitative estimate of drug-likeness (QED) is 0.0321. The number of benzene rings is 1. The minimum atomic E-state index is -1.41. The molecule has 12 N–H and O–H groups in total. The van der Waals surface area contributed by atoms with E-state index in [-0.39, 0.29) is 87.0 Å². The zero-order valence-corrected chi connectivity index (χ0v) is 54.2. The number of amides is 3. The Labute approximate surface area is 511 Å². The van der Waals surface area contributed by atoms with E-state index in [1.165, 1.54) is 0 Å². The first-order valence-corrected chi connectivity index (χ1v) is 30.4. The predicted molar refractivity (Wildman–Crippen MR) is 329 cm³/mol. The summed E-state index contributed by atoms with van der Waals surface area (Å²) in [6.07, 6.45) is -2.66. The number of ether oxygens (including phenoxy) is 8. The summed E-state index contributed by atoms with van der Waals surface area (Å²) in [5, 5.41) is 59.9. The second-order valence-corrected chi connectivity index (χ2v) is 27.6. The average molecular weight is 1220 g/mol. The minimum Gasteiger partial charge on any atom is -0.489 e. The van der Waals surface area contributed by atoms with Crippen LogP contribution in [0.25, 0.3) is 0 Å². The maximum absolute atomic E-state index is 13.6. The van der Waals surface area contributed by atoms with Crippen molar-refractivity contribution in [3.05, 3.63) is 72.0 Å². The minimum absolute atomic E-state index is 0.0232. The van der Waals surface area contributed by atoms with Crippen molar-refractivity contribution in [1.82, 2.24) is 26.2 Å². The Hall–Kier alpha value is -5.40. The summed E-state index contributed by atoms with van der Waals surface area (Å²) in [5.41, 5.74) is 9.87. The summed E-state index contributed by atoms with van der Waals surface area (Å²) in [7, 11) is 0. The molecule has 1 aromatic rings. The van der Waals surface area contributed by atoms with Crippen molar-refractivity contribution >= 4 is 24.1 Å². The van der Waals surface area contributed by atoms with E-state index in [0.717, 1.165) is 24.0 Å². The number of primary amides is 1. The lowest BCUT2D eigenvalue weighted by atomic mass is 9.77. The van der Waals surface area contributed by atoms with Crippen LogP contribution < -0.4 is 32.7 Å². The number of carbonyl (C=O) groups is 3. The van der Waals surface area contributed by atoms with Crippen molar-refractivity contribution in [3.8, 4) is 0 Å². The number of amidine groups is 1. The van der Waals surface area contributed by atoms with Gasteiger partial charge in [-0.05, 0) is 138 Å². The smallest absolute Gasteiger partial charge is 0.410 e. The van der Waals surface area contributed by atoms with Crippen LogP contribution in [0.2, 0.25) is 0 Å². The summed E-state index contributed by atoms with van der Waals surface area (Å²) in [6, 6.07) is 5.99. The third-order valence-electron chi connectivity index (χ3n) is 14.8. The van der Waals surface area contributed by atoms with Gasteiger partial charge in [0.2, 0.25) is 5.91 Å². The zero-order chi connectivity index (χ0) is 64.5. The van der Waals surface area contributed by atoms with Crippen LogP contribution >= 0.6 is 0 Å². The third kappa shape index (κ3) is 25.4. The van der Waals surface area contributed by atoms with Gasteiger partial charge >= 0.3 is 12.2 Å². The summed E-state index contributed by atoms with van der Waals surface area (Å²) >= 11 is 0. The number of hydrogen-bond acceptors (Lipinski definition) is 19. The van der Waals surface area contributed by atoms with Crippen molar-refractivity contribution in [3.63, 3.8) is 0 Å². The van der Waals surface area contributed by atoms with E-state index in [9.17, 15) is 34.8 Å². The molecule has 3 unspecified atom stereocenters. The highest BCUT2D eigenvalue weighted by atomic mass is 16.7. The fourth-order valence-corrected chi connectivity index (χ4v) is 10.6. The van der Waals surface area contributed by atoms with Crippen LogP contribution in [-0.2, 0) is 49.3 Å². The number of aliphatic imine (C=N–C) groups is 1. The van der Waals surface area contributed by atoms with Crippen LogP contribution in [0.5, 0.6) is 0 Å². The number of rotatable bonds is 24. The Morgan fingerprint density at radius 3 is 2.14 bits per heavy atom. The first-order chi connectivity index (χ1) is 39.8. The van der Waals surface area contributed by atoms with Crippen molar-refractivity contribution in [2.24, 2.45) is 33.7 Å². The molecule has 1 aromatic carbocycles. The lowest BCUT2D eigenvalue weighted by Gasteiger charge is -2.49. The van der Waals surface area contributed by atoms with Crippen LogP contribution in [0.1, 0.15) is 153 Å². The molecule has 3 heterocycles. The Morgan fingerprint density at radius 2 is 1.55 bits per heavy atom. The SMILES string of the molecule is C=C(NCC1=CC[C@@H](NCC2CCCN2C(=O)OC(C)(C)C)[C@@H](COC[C@@H]2C(NC(=O)OC(C)(C)C)C[C@@H](NC(=C)[C@@H](O)CCN=C(N)OC(C)(C)C)[C@H](OC3OC[C@](C)(O)[C@H](CC)[C@H]3O)[C@H]2O)O1)OCc1ccc(C)cc1.CC(C)(C)CC(N)=O. The summed E-state index contributed by atoms with van der Waals surface area (Å²) in [6.45, 7) is 37.5. The molecule has 5 rings (SSSR count). The lowest BCUT2D eigenvalue weighted by molar-refractivity contribution is -0.307. The fraction of sp³-hybridized carbons (Fsp3) is 0.746. The van der Waals surface area contributed by atoms with Crippen LogP contribution in [-0.4, -0.2) is 179 Å². The van der Waals surface area contributed by atoms with Crippen molar-refractivity contribution in [1.29, 1.82) is 0 Å². The lowest BCUT2D eigenvalue weighted by Crippen LogP contribution is -2.65. The molecular weight excluding hydrogens is 1110 g/mol. The van der Waals surface area contributed by atoms with E-state index in [1.54, 1.807) is 32.6 Å². The summed E-state index contributed by atoms with van der Waals surface area (Å²) in [4.78, 5) is 43.1. The van der Waals surface area contributed by atoms with E-state index >= 15 is 0 Å². The topological polar surface area (TPSA) is 322 Å². The van der Waals surface area contributed by atoms with E-state index < -0.39 is 89.2 Å². The normalized spacial score (nSPS) is 27.7. The molecule has 0 bridgehead atoms. The Kier molecular flexibility index (Phi) is 27.4. The molecule has 4 aliphatic rings. The fourth-order valence-electron chi connectivity index (χ4n) is 10.6. The third-order valence-corrected chi connectivity index (χ3v) is 14.8. The van der Waals surface area contributed by atoms with Gasteiger partial charge in [-0.3, -0.25) is 4.79 Å². The molecule has 3 fully saturated rings. The monoisotopic (exact) mass is 1220 g/mol. The number of alkyl carbamates (subject to hydrolysis) is 1. The predicted octanol–water partition coefficient (Wildman–Crippen LogP) is 6.03. The number of likely N-dealkylation sites (tertiary alicyclic amines) is 1. The van der Waals surface area contributed by atoms with E-state index in [1.807, 2.05) is 107 Å². The highest BCUT2D eigenvalue weighted by Crippen LogP contribution is 2.37. The van der Waals surface area contributed by atoms with E-state index in [0.29, 0.717) is 50.6 Å². The average Bonchev–Trinajstić information content (AvgIpc) is 1.13. The van der Waals surface area contributed by atoms with Crippen LogP contribution in [0.3, 0.4) is 0 Å². The Bertz CT molecular complexity index is 2390. The van der Waals surface area contributed by atoms with E-state index in [4.69, 9.17) is 49.4 Å². The molecule has 0 radical (unpaired) electrons. The number of nitrogens with two attached hydrogens (primary N) is 2. The second-order valence-electron chi connectivity index (χ2n) is 27.6. The van der Waals surface area contributed by atoms with Gasteiger partial charge in [0, 0.05) is 61.7 Å². The summed E-state index contributed by atoms with van der Waals surface area (Å²) in [5.74, 6) is -0.699. The number of aliphatic hydroxyl groups is 4. The van der Waals surface area contributed by atoms with Gasteiger partial charge in [-0.25, -0.2) is 14.6 Å². The molecular formula is C63H108N8O15. The number of nitrogens with zero attached hydrogens (tertiary/aromatic N) is 2. The maximum Gasteiger partial charge on any atom is 0.410 e. The van der Waals surface area contributed by atoms with Gasteiger partial charge in [0.1, 0.15) is 47.5 Å². The molecule has 23 heteroatoms. The number of nitrogens with one attached hydrogen (secondary N) is 4. The standard InChI is InChI=1S/C57H95N7O14.C6H13NO/c1-15-41-48(67)50(73-33-57(41,14)70)75-49-44(62-35(3)45(65)24-25-59-51(58)76-54(5,6)7)27-43(63-52(68)77-55(8,9)10)40(47(49)66)31-71-32-46-42(61-28-38-17-16-26-64(38)53(69)78-56(11,12)13)23-22-39(74-46)29-60-36(4)72-30-37-20-18-34(2)19-21-37;1-6(2,3)4-5(7)8/h18-22,38,40-50,60-62,65-67,70H,3-4,15-17,23-33H2,1-2,5-14H3,(H2,58,59)(H,63,68);4H2,1-3H3,(H2,7,8)/t38?,40-,41-,42-,43?,44-,45+,46-,47+,48-,49+,50?,57+;/m1./s1. The van der Waals surface area contributed by atoms with Crippen molar-refractivity contribution < 1.29 is 72.7 Å². The van der Waals surface area contributed by atoms with Crippen LogP contribution in [0.15, 0.2) is 65.8 Å². The van der Waals surface area contributed by atoms with E-state index in [2.05, 4.69) is 39.4 Å². The Balaban J connectivity index is 0.00000184. The van der Waals surface area contributed by atoms with Gasteiger partial charge in [-0.15, -0.1) is 0 Å². The number of hydrogen-bond donors (Lipinski definition) is 10. The number of aliphatic hydroxyl groups excluding tert-OH is 3. The largest absolute Gasteiger partial charge is 0.489 e. The molecule has 86 heavy (non-hydrogen) atoms. The molecule has 490 valence electrons. The molecule has 23 nitrogen and oxygen atoms in total. The van der Waals surface area contributed by atoms with Crippen LogP contribution in [0, 0.1) is 24.2 Å². The molecule has 1 aliphatic carbocycles. The maximum atomic E-state index is 13.6. The molecule has 3 aliphatic heterocycles.